The second-order valence-corrected chi connectivity index (χ2v) is 3.63. The zero-order valence-electron chi connectivity index (χ0n) is 7.85. The third kappa shape index (κ3) is 4.25. The Morgan fingerprint density at radius 3 is 2.14 bits per heavy atom. The van der Waals surface area contributed by atoms with E-state index >= 15 is 0 Å². The summed E-state index contributed by atoms with van der Waals surface area (Å²) in [6.07, 6.45) is -0.809. The van der Waals surface area contributed by atoms with Gasteiger partial charge in [-0.05, 0) is 10.8 Å². The maximum absolute atomic E-state index is 10.3. The Kier molecular flexibility index (Phi) is 5.03. The summed E-state index contributed by atoms with van der Waals surface area (Å²) in [5.74, 6) is 0. The van der Waals surface area contributed by atoms with Gasteiger partial charge in [0.2, 0.25) is 0 Å². The molecule has 0 bridgehead atoms. The van der Waals surface area contributed by atoms with E-state index in [1.165, 1.54) is 4.90 Å². The summed E-state index contributed by atoms with van der Waals surface area (Å²) in [5.41, 5.74) is 0. The van der Waals surface area contributed by atoms with Gasteiger partial charge in [-0.1, -0.05) is 12.1 Å². The fourth-order valence-electron chi connectivity index (χ4n) is 1.08. The highest BCUT2D eigenvalue weighted by Crippen LogP contribution is 1.91. The molecule has 0 atom stereocenters. The molecule has 5 heteroatoms. The summed E-state index contributed by atoms with van der Waals surface area (Å²) in [5, 5.41) is 15.6. The molecule has 4 nitrogen and oxygen atoms in total. The largest absolute Gasteiger partial charge is 0.465 e. The van der Waals surface area contributed by atoms with Crippen molar-refractivity contribution in [3.8, 4) is 0 Å². The van der Waals surface area contributed by atoms with E-state index in [2.05, 4.69) is 5.32 Å². The summed E-state index contributed by atoms with van der Waals surface area (Å²) in [7, 11) is 0. The van der Waals surface area contributed by atoms with Gasteiger partial charge in [0, 0.05) is 26.2 Å². The van der Waals surface area contributed by atoms with Crippen LogP contribution in [0.15, 0.2) is 22.9 Å². The van der Waals surface area contributed by atoms with E-state index in [4.69, 9.17) is 5.11 Å². The molecule has 1 aromatic heterocycles. The molecule has 0 unspecified atom stereocenters. The smallest absolute Gasteiger partial charge is 0.407 e. The van der Waals surface area contributed by atoms with Crippen molar-refractivity contribution in [1.82, 2.24) is 10.2 Å². The minimum Gasteiger partial charge on any atom is -0.465 e. The molecule has 1 amide bonds. The molecule has 0 saturated carbocycles. The molecule has 78 valence electrons. The number of nitrogens with one attached hydrogen (secondary N) is 1. The van der Waals surface area contributed by atoms with Gasteiger partial charge in [-0.2, -0.15) is 11.3 Å². The molecule has 2 rings (SSSR count). The third-order valence-electron chi connectivity index (χ3n) is 1.81. The fourth-order valence-corrected chi connectivity index (χ4v) is 1.54. The molecular weight excluding hydrogens is 200 g/mol. The van der Waals surface area contributed by atoms with Crippen LogP contribution in [0, 0.1) is 0 Å². The highest BCUT2D eigenvalue weighted by atomic mass is 32.1. The molecule has 1 aliphatic heterocycles. The van der Waals surface area contributed by atoms with E-state index in [9.17, 15) is 4.79 Å². The quantitative estimate of drug-likeness (QED) is 0.685. The molecule has 1 fully saturated rings. The Morgan fingerprint density at radius 2 is 1.86 bits per heavy atom. The highest BCUT2D eigenvalue weighted by Gasteiger charge is 2.13. The lowest BCUT2D eigenvalue weighted by molar-refractivity contribution is 0.139. The maximum Gasteiger partial charge on any atom is 0.407 e. The van der Waals surface area contributed by atoms with Gasteiger partial charge in [0.25, 0.3) is 0 Å². The van der Waals surface area contributed by atoms with Crippen LogP contribution in [0.1, 0.15) is 0 Å². The van der Waals surface area contributed by atoms with Crippen molar-refractivity contribution in [1.29, 1.82) is 0 Å². The molecule has 0 aromatic carbocycles. The van der Waals surface area contributed by atoms with Crippen LogP contribution in [0.25, 0.3) is 0 Å². The topological polar surface area (TPSA) is 52.6 Å². The number of hydrogen-bond donors (Lipinski definition) is 2. The lowest BCUT2D eigenvalue weighted by Gasteiger charge is -2.23. The van der Waals surface area contributed by atoms with Gasteiger partial charge in [-0.15, -0.1) is 0 Å². The van der Waals surface area contributed by atoms with Crippen LogP contribution < -0.4 is 5.32 Å². The average Bonchev–Trinajstić information content (AvgIpc) is 2.77. The summed E-state index contributed by atoms with van der Waals surface area (Å²) >= 11 is 1.71. The number of nitrogens with zero attached hydrogens (tertiary/aromatic N) is 1. The molecule has 1 aliphatic rings. The van der Waals surface area contributed by atoms with Crippen LogP contribution in [0.3, 0.4) is 0 Å². The first-order valence-electron chi connectivity index (χ1n) is 4.46. The van der Waals surface area contributed by atoms with Crippen LogP contribution in [-0.2, 0) is 0 Å². The Morgan fingerprint density at radius 1 is 1.29 bits per heavy atom. The zero-order chi connectivity index (χ0) is 10.2. The first-order valence-corrected chi connectivity index (χ1v) is 5.41. The Bertz CT molecular complexity index is 228. The maximum atomic E-state index is 10.3. The van der Waals surface area contributed by atoms with Gasteiger partial charge in [-0.25, -0.2) is 4.79 Å². The Labute approximate surface area is 87.2 Å². The molecule has 0 spiro atoms. The lowest BCUT2D eigenvalue weighted by atomic mass is 10.4. The van der Waals surface area contributed by atoms with E-state index in [0.29, 0.717) is 13.1 Å². The molecule has 2 N–H and O–H groups in total. The molecule has 0 aliphatic carbocycles. The number of hydrogen-bond acceptors (Lipinski definition) is 3. The molecular formula is C9H14N2O2S. The zero-order valence-corrected chi connectivity index (χ0v) is 8.67. The van der Waals surface area contributed by atoms with Gasteiger partial charge in [0.15, 0.2) is 0 Å². The molecule has 1 saturated heterocycles. The van der Waals surface area contributed by atoms with Gasteiger partial charge in [0.1, 0.15) is 0 Å². The lowest BCUT2D eigenvalue weighted by Crippen LogP contribution is -2.45. The highest BCUT2D eigenvalue weighted by molar-refractivity contribution is 7.07. The predicted octanol–water partition coefficient (Wildman–Crippen LogP) is 1.32. The number of amides is 1. The van der Waals surface area contributed by atoms with Crippen molar-refractivity contribution in [2.24, 2.45) is 0 Å². The molecule has 14 heavy (non-hydrogen) atoms. The Balaban J connectivity index is 0.000000165. The van der Waals surface area contributed by atoms with E-state index < -0.39 is 6.09 Å². The monoisotopic (exact) mass is 214 g/mol. The SMILES string of the molecule is O=C(O)N1CCNCC1.c1ccsc1. The third-order valence-corrected chi connectivity index (χ3v) is 2.44. The summed E-state index contributed by atoms with van der Waals surface area (Å²) < 4.78 is 0. The second kappa shape index (κ2) is 6.39. The van der Waals surface area contributed by atoms with Crippen LogP contribution >= 0.6 is 11.3 Å². The first kappa shape index (κ1) is 11.0. The summed E-state index contributed by atoms with van der Waals surface area (Å²) in [4.78, 5) is 11.7. The first-order chi connectivity index (χ1) is 6.80. The minimum absolute atomic E-state index is 0.620. The summed E-state index contributed by atoms with van der Waals surface area (Å²) in [6, 6.07) is 4.04. The molecule has 2 heterocycles. The molecule has 1 aromatic rings. The van der Waals surface area contributed by atoms with Crippen molar-refractivity contribution in [2.45, 2.75) is 0 Å². The van der Waals surface area contributed by atoms with Crippen molar-refractivity contribution < 1.29 is 9.90 Å². The number of carbonyl (C=O) groups is 1. The van der Waals surface area contributed by atoms with Gasteiger partial charge >= 0.3 is 6.09 Å². The second-order valence-electron chi connectivity index (χ2n) is 2.81. The number of carboxylic acid groups (broad SMARTS) is 1. The fraction of sp³-hybridized carbons (Fsp3) is 0.444. The minimum atomic E-state index is -0.809. The van der Waals surface area contributed by atoms with Gasteiger partial charge in [0.05, 0.1) is 0 Å². The van der Waals surface area contributed by atoms with Crippen LogP contribution in [0.4, 0.5) is 4.79 Å². The average molecular weight is 214 g/mol. The van der Waals surface area contributed by atoms with Crippen molar-refractivity contribution in [3.63, 3.8) is 0 Å². The van der Waals surface area contributed by atoms with Crippen LogP contribution in [-0.4, -0.2) is 42.3 Å². The van der Waals surface area contributed by atoms with E-state index in [1.54, 1.807) is 11.3 Å². The van der Waals surface area contributed by atoms with Crippen molar-refractivity contribution in [3.05, 3.63) is 22.9 Å². The number of thiophene rings is 1. The molecule has 0 radical (unpaired) electrons. The van der Waals surface area contributed by atoms with Crippen molar-refractivity contribution in [2.75, 3.05) is 26.2 Å². The van der Waals surface area contributed by atoms with E-state index in [-0.39, 0.29) is 0 Å². The van der Waals surface area contributed by atoms with E-state index in [0.717, 1.165) is 13.1 Å². The van der Waals surface area contributed by atoms with Crippen LogP contribution in [0.5, 0.6) is 0 Å². The van der Waals surface area contributed by atoms with Gasteiger partial charge < -0.3 is 15.3 Å². The van der Waals surface area contributed by atoms with Crippen LogP contribution in [0.2, 0.25) is 0 Å². The standard InChI is InChI=1S/C5H10N2O2.C4H4S/c8-5(9)7-3-1-6-2-4-7;1-2-4-5-3-1/h6H,1-4H2,(H,8,9);1-4H. The normalized spacial score (nSPS) is 15.6. The predicted molar refractivity (Wildman–Crippen MR) is 56.8 cm³/mol. The van der Waals surface area contributed by atoms with E-state index in [1.807, 2.05) is 22.9 Å². The Hall–Kier alpha value is -1.07. The number of rotatable bonds is 0. The number of piperazine rings is 1. The summed E-state index contributed by atoms with van der Waals surface area (Å²) in [6.45, 7) is 2.81. The van der Waals surface area contributed by atoms with Crippen molar-refractivity contribution >= 4 is 17.4 Å². The van der Waals surface area contributed by atoms with Gasteiger partial charge in [-0.3, -0.25) is 0 Å².